The summed E-state index contributed by atoms with van der Waals surface area (Å²) in [6.45, 7) is 0. The van der Waals surface area contributed by atoms with Crippen LogP contribution in [-0.4, -0.2) is 26.9 Å². The Morgan fingerprint density at radius 3 is 2.22 bits per heavy atom. The fraction of sp³-hybridized carbons (Fsp3) is 0.0256. The van der Waals surface area contributed by atoms with Crippen LogP contribution in [0, 0.1) is 0 Å². The van der Waals surface area contributed by atoms with Gasteiger partial charge in [0, 0.05) is 33.3 Å². The molecule has 1 atom stereocenters. The number of hydrogen-bond donors (Lipinski definition) is 1. The molecule has 0 aliphatic rings. The fourth-order valence-corrected chi connectivity index (χ4v) is 6.28. The first-order valence-electron chi connectivity index (χ1n) is 14.8. The minimum atomic E-state index is -0.679. The van der Waals surface area contributed by atoms with E-state index in [0.717, 1.165) is 71.2 Å². The molecule has 213 valence electrons. The van der Waals surface area contributed by atoms with E-state index in [1.807, 2.05) is 91.1 Å². The normalized spacial score (nSPS) is 13.0. The summed E-state index contributed by atoms with van der Waals surface area (Å²) < 4.78 is 8.46. The second kappa shape index (κ2) is 11.1. The topological polar surface area (TPSA) is 68.8 Å². The Morgan fingerprint density at radius 1 is 0.644 bits per heavy atom. The monoisotopic (exact) mass is 595 g/mol. The lowest BCUT2D eigenvalue weighted by molar-refractivity contribution is 0.588. The first kappa shape index (κ1) is 26.9. The van der Waals surface area contributed by atoms with Gasteiger partial charge in [-0.2, -0.15) is 0 Å². The second-order valence-electron chi connectivity index (χ2n) is 11.1. The molecule has 5 nitrogen and oxygen atoms in total. The molecule has 8 aromatic rings. The fourth-order valence-electron chi connectivity index (χ4n) is 6.05. The molecule has 0 saturated carbocycles. The third-order valence-corrected chi connectivity index (χ3v) is 8.52. The number of hydrogen-bond acceptors (Lipinski definition) is 3. The number of rotatable bonds is 6. The van der Waals surface area contributed by atoms with Crippen molar-refractivity contribution >= 4 is 71.2 Å². The Labute approximate surface area is 263 Å². The molecule has 0 fully saturated rings. The van der Waals surface area contributed by atoms with E-state index in [0.29, 0.717) is 5.84 Å². The maximum atomic E-state index is 6.82. The number of aromatic nitrogens is 1. The first-order chi connectivity index (χ1) is 22.1. The van der Waals surface area contributed by atoms with Crippen LogP contribution in [0.25, 0.3) is 54.9 Å². The van der Waals surface area contributed by atoms with Crippen molar-refractivity contribution in [1.82, 2.24) is 4.57 Å². The molecule has 45 heavy (non-hydrogen) atoms. The molecule has 0 bridgehead atoms. The van der Waals surface area contributed by atoms with Crippen molar-refractivity contribution in [2.75, 3.05) is 0 Å². The molecule has 0 aliphatic heterocycles. The van der Waals surface area contributed by atoms with Gasteiger partial charge in [0.15, 0.2) is 0 Å². The number of fused-ring (bicyclic) bond motifs is 6. The lowest BCUT2D eigenvalue weighted by Crippen LogP contribution is -2.17. The van der Waals surface area contributed by atoms with Gasteiger partial charge in [0.1, 0.15) is 17.0 Å². The van der Waals surface area contributed by atoms with Crippen molar-refractivity contribution in [1.29, 1.82) is 0 Å². The predicted octanol–water partition coefficient (Wildman–Crippen LogP) is 8.14. The average molecular weight is 596 g/mol. The number of nitrogens with zero attached hydrogens (tertiary/aromatic N) is 3. The van der Waals surface area contributed by atoms with Crippen LogP contribution in [0.1, 0.15) is 17.4 Å². The van der Waals surface area contributed by atoms with E-state index in [2.05, 4.69) is 69.4 Å². The molecule has 2 aromatic heterocycles. The average Bonchev–Trinajstić information content (AvgIpc) is 3.61. The van der Waals surface area contributed by atoms with Gasteiger partial charge < -0.3 is 10.2 Å². The van der Waals surface area contributed by atoms with Gasteiger partial charge in [-0.15, -0.1) is 0 Å². The molecular formula is C39H27N4OSi. The van der Waals surface area contributed by atoms with Crippen LogP contribution in [0.5, 0.6) is 0 Å². The zero-order valence-corrected chi connectivity index (χ0v) is 25.3. The minimum absolute atomic E-state index is 0.407. The second-order valence-corrected chi connectivity index (χ2v) is 11.6. The van der Waals surface area contributed by atoms with E-state index in [4.69, 9.17) is 20.1 Å². The van der Waals surface area contributed by atoms with Gasteiger partial charge >= 0.3 is 0 Å². The summed E-state index contributed by atoms with van der Waals surface area (Å²) in [5, 5.41) is 5.21. The van der Waals surface area contributed by atoms with E-state index < -0.39 is 6.29 Å². The van der Waals surface area contributed by atoms with E-state index in [1.165, 1.54) is 0 Å². The van der Waals surface area contributed by atoms with Crippen LogP contribution in [0.15, 0.2) is 154 Å². The van der Waals surface area contributed by atoms with Gasteiger partial charge in [0.25, 0.3) is 0 Å². The first-order valence-corrected chi connectivity index (χ1v) is 15.3. The Hall–Kier alpha value is -5.72. The van der Waals surface area contributed by atoms with Gasteiger partial charge in [0.2, 0.25) is 6.29 Å². The summed E-state index contributed by atoms with van der Waals surface area (Å²) in [5.74, 6) is 0.407. The third-order valence-electron chi connectivity index (χ3n) is 8.21. The van der Waals surface area contributed by atoms with Crippen molar-refractivity contribution in [3.63, 3.8) is 0 Å². The lowest BCUT2D eigenvalue weighted by Gasteiger charge is -2.15. The zero-order chi connectivity index (χ0) is 30.3. The lowest BCUT2D eigenvalue weighted by atomic mass is 10.0. The molecule has 0 amide bonds. The van der Waals surface area contributed by atoms with Crippen LogP contribution in [0.4, 0.5) is 0 Å². The smallest absolute Gasteiger partial charge is 0.222 e. The summed E-state index contributed by atoms with van der Waals surface area (Å²) in [6, 6.07) is 47.2. The molecule has 2 heterocycles. The number of para-hydroxylation sites is 1. The van der Waals surface area contributed by atoms with Gasteiger partial charge in [0.05, 0.1) is 21.3 Å². The molecule has 8 rings (SSSR count). The van der Waals surface area contributed by atoms with Gasteiger partial charge in [-0.3, -0.25) is 4.57 Å². The summed E-state index contributed by atoms with van der Waals surface area (Å²) in [7, 11) is 3.75. The minimum Gasteiger partial charge on any atom is -0.456 e. The van der Waals surface area contributed by atoms with Gasteiger partial charge in [-0.25, -0.2) is 9.98 Å². The molecule has 0 spiro atoms. The van der Waals surface area contributed by atoms with E-state index in [1.54, 1.807) is 0 Å². The Morgan fingerprint density at radius 2 is 1.38 bits per heavy atom. The highest BCUT2D eigenvalue weighted by atomic mass is 28.1. The Balaban J connectivity index is 1.36. The maximum Gasteiger partial charge on any atom is 0.222 e. The molecule has 2 N–H and O–H groups in total. The number of benzene rings is 6. The molecule has 6 aromatic carbocycles. The zero-order valence-electron chi connectivity index (χ0n) is 24.3. The van der Waals surface area contributed by atoms with Crippen LogP contribution < -0.4 is 10.9 Å². The van der Waals surface area contributed by atoms with Crippen LogP contribution in [0.2, 0.25) is 0 Å². The van der Waals surface area contributed by atoms with Crippen molar-refractivity contribution in [2.45, 2.75) is 6.29 Å². The quantitative estimate of drug-likeness (QED) is 0.120. The summed E-state index contributed by atoms with van der Waals surface area (Å²) in [4.78, 5) is 10.2. The maximum absolute atomic E-state index is 6.82. The Kier molecular flexibility index (Phi) is 6.62. The highest BCUT2D eigenvalue weighted by Crippen LogP contribution is 2.38. The largest absolute Gasteiger partial charge is 0.456 e. The highest BCUT2D eigenvalue weighted by molar-refractivity contribution is 6.34. The Bertz CT molecular complexity index is 2410. The molecule has 3 radical (unpaired) electrons. The van der Waals surface area contributed by atoms with E-state index in [9.17, 15) is 0 Å². The SMILES string of the molecule is NC(=NC(N=Cc1ccccc1)n1c2ccc([Si])cc2c2cc3oc4ccccc4c3cc21)c1cccc(-c2ccccc2)c1. The number of amidine groups is 1. The number of nitrogens with two attached hydrogens (primary N) is 1. The van der Waals surface area contributed by atoms with Crippen molar-refractivity contribution in [2.24, 2.45) is 15.7 Å². The highest BCUT2D eigenvalue weighted by Gasteiger charge is 2.20. The molecule has 0 saturated heterocycles. The van der Waals surface area contributed by atoms with Gasteiger partial charge in [-0.1, -0.05) is 114 Å². The standard InChI is InChI=1S/C39H27N4OSi/c40-38(28-15-9-14-27(20-28)26-12-5-2-6-13-26)42-39(41-24-25-10-3-1-4-11-25)43-34-19-18-29(45)21-31(34)32-23-37-33(22-35(32)43)30-16-7-8-17-36(30)44-37/h1-24,39H,(H2,40,42). The van der Waals surface area contributed by atoms with Crippen LogP contribution in [-0.2, 0) is 0 Å². The van der Waals surface area contributed by atoms with Crippen LogP contribution in [0.3, 0.4) is 0 Å². The van der Waals surface area contributed by atoms with Crippen molar-refractivity contribution in [3.8, 4) is 11.1 Å². The predicted molar refractivity (Wildman–Crippen MR) is 188 cm³/mol. The van der Waals surface area contributed by atoms with Crippen LogP contribution >= 0.6 is 0 Å². The number of aliphatic imine (C=N–C) groups is 2. The third kappa shape index (κ3) is 4.91. The van der Waals surface area contributed by atoms with E-state index >= 15 is 0 Å². The molecule has 0 aliphatic carbocycles. The molecule has 6 heteroatoms. The summed E-state index contributed by atoms with van der Waals surface area (Å²) in [6.07, 6.45) is 1.19. The summed E-state index contributed by atoms with van der Waals surface area (Å²) in [5.41, 5.74) is 14.5. The van der Waals surface area contributed by atoms with Crippen molar-refractivity contribution < 1.29 is 4.42 Å². The van der Waals surface area contributed by atoms with Crippen molar-refractivity contribution in [3.05, 3.63) is 151 Å². The van der Waals surface area contributed by atoms with Gasteiger partial charge in [-0.05, 0) is 47.0 Å². The molecular weight excluding hydrogens is 569 g/mol. The summed E-state index contributed by atoms with van der Waals surface area (Å²) >= 11 is 0. The number of furan rings is 1. The molecule has 1 unspecified atom stereocenters. The van der Waals surface area contributed by atoms with E-state index in [-0.39, 0.29) is 0 Å².